The topological polar surface area (TPSA) is 94.1 Å². The fraction of sp³-hybridized carbons (Fsp3) is 0.300. The Morgan fingerprint density at radius 1 is 1.29 bits per heavy atom. The summed E-state index contributed by atoms with van der Waals surface area (Å²) in [6, 6.07) is 10.5. The van der Waals surface area contributed by atoms with Crippen LogP contribution in [0.3, 0.4) is 0 Å². The Hall–Kier alpha value is -2.71. The Balaban J connectivity index is 2.06. The molecule has 2 heterocycles. The molecule has 0 radical (unpaired) electrons. The molecule has 0 saturated heterocycles. The van der Waals surface area contributed by atoms with Gasteiger partial charge < -0.3 is 9.67 Å². The van der Waals surface area contributed by atoms with Crippen molar-refractivity contribution in [3.8, 4) is 0 Å². The molecule has 0 aliphatic heterocycles. The van der Waals surface area contributed by atoms with Gasteiger partial charge in [-0.2, -0.15) is 0 Å². The molecule has 0 bridgehead atoms. The van der Waals surface area contributed by atoms with Crippen LogP contribution in [0.25, 0.3) is 0 Å². The van der Waals surface area contributed by atoms with Crippen molar-refractivity contribution in [2.75, 3.05) is 6.61 Å². The van der Waals surface area contributed by atoms with E-state index in [0.29, 0.717) is 13.0 Å². The lowest BCUT2D eigenvalue weighted by molar-refractivity contribution is -0.385. The van der Waals surface area contributed by atoms with E-state index in [1.807, 2.05) is 18.2 Å². The van der Waals surface area contributed by atoms with Gasteiger partial charge in [0.15, 0.2) is 0 Å². The number of benzene rings is 1. The highest BCUT2D eigenvalue weighted by molar-refractivity contribution is 7.99. The molecule has 0 amide bonds. The standard InChI is InChI=1S/C20H22N4O3S/c1-14(2)19-20(28-17-7-3-6-16(11-17)24(26)27)23(18(22-19)8-10-25)13-15-5-4-9-21-12-15/h3-7,9,11-12,14,25H,8,10,13H2,1-2H3. The highest BCUT2D eigenvalue weighted by Crippen LogP contribution is 2.36. The molecular weight excluding hydrogens is 376 g/mol. The molecule has 28 heavy (non-hydrogen) atoms. The predicted molar refractivity (Wildman–Crippen MR) is 108 cm³/mol. The lowest BCUT2D eigenvalue weighted by Gasteiger charge is -2.13. The number of hydrogen-bond acceptors (Lipinski definition) is 6. The monoisotopic (exact) mass is 398 g/mol. The molecule has 0 aliphatic rings. The highest BCUT2D eigenvalue weighted by atomic mass is 32.2. The molecule has 2 aromatic heterocycles. The van der Waals surface area contributed by atoms with Crippen LogP contribution in [0.4, 0.5) is 5.69 Å². The van der Waals surface area contributed by atoms with Gasteiger partial charge in [0, 0.05) is 35.8 Å². The first-order chi connectivity index (χ1) is 13.5. The minimum Gasteiger partial charge on any atom is -0.396 e. The molecule has 1 N–H and O–H groups in total. The molecule has 7 nitrogen and oxygen atoms in total. The van der Waals surface area contributed by atoms with E-state index in [4.69, 9.17) is 4.98 Å². The maximum Gasteiger partial charge on any atom is 0.270 e. The van der Waals surface area contributed by atoms with Gasteiger partial charge in [-0.3, -0.25) is 15.1 Å². The molecule has 0 atom stereocenters. The number of aliphatic hydroxyl groups excluding tert-OH is 1. The smallest absolute Gasteiger partial charge is 0.270 e. The van der Waals surface area contributed by atoms with E-state index in [1.165, 1.54) is 17.8 Å². The second kappa shape index (κ2) is 8.99. The Labute approximate surface area is 167 Å². The van der Waals surface area contributed by atoms with Gasteiger partial charge in [-0.1, -0.05) is 37.7 Å². The number of rotatable bonds is 8. The van der Waals surface area contributed by atoms with Crippen LogP contribution in [0.15, 0.2) is 58.7 Å². The number of nitro benzene ring substituents is 1. The van der Waals surface area contributed by atoms with Crippen molar-refractivity contribution in [1.29, 1.82) is 0 Å². The first-order valence-electron chi connectivity index (χ1n) is 9.01. The van der Waals surface area contributed by atoms with Crippen molar-refractivity contribution < 1.29 is 10.0 Å². The van der Waals surface area contributed by atoms with Crippen LogP contribution >= 0.6 is 11.8 Å². The van der Waals surface area contributed by atoms with Gasteiger partial charge in [-0.05, 0) is 23.6 Å². The number of imidazole rings is 1. The van der Waals surface area contributed by atoms with E-state index in [2.05, 4.69) is 23.4 Å². The largest absolute Gasteiger partial charge is 0.396 e. The zero-order valence-corrected chi connectivity index (χ0v) is 16.6. The van der Waals surface area contributed by atoms with Crippen molar-refractivity contribution in [3.05, 3.63) is 76.0 Å². The van der Waals surface area contributed by atoms with Crippen molar-refractivity contribution in [2.24, 2.45) is 0 Å². The molecular formula is C20H22N4O3S. The summed E-state index contributed by atoms with van der Waals surface area (Å²) in [6.45, 7) is 4.70. The number of aromatic nitrogens is 3. The van der Waals surface area contributed by atoms with Crippen LogP contribution in [0.2, 0.25) is 0 Å². The second-order valence-corrected chi connectivity index (χ2v) is 7.71. The van der Waals surface area contributed by atoms with E-state index in [9.17, 15) is 15.2 Å². The molecule has 0 fully saturated rings. The normalized spacial score (nSPS) is 11.1. The molecule has 0 spiro atoms. The summed E-state index contributed by atoms with van der Waals surface area (Å²) in [6.07, 6.45) is 3.97. The summed E-state index contributed by atoms with van der Waals surface area (Å²) >= 11 is 1.46. The van der Waals surface area contributed by atoms with Gasteiger partial charge in [-0.25, -0.2) is 4.98 Å². The van der Waals surface area contributed by atoms with Crippen LogP contribution < -0.4 is 0 Å². The number of nitro groups is 1. The summed E-state index contributed by atoms with van der Waals surface area (Å²) in [5, 5.41) is 21.5. The third kappa shape index (κ3) is 4.58. The summed E-state index contributed by atoms with van der Waals surface area (Å²) in [5.41, 5.74) is 2.00. The molecule has 0 aliphatic carbocycles. The fourth-order valence-electron chi connectivity index (χ4n) is 2.89. The predicted octanol–water partition coefficient (Wildman–Crippen LogP) is 4.04. The van der Waals surface area contributed by atoms with Crippen molar-refractivity contribution in [3.63, 3.8) is 0 Å². The van der Waals surface area contributed by atoms with Crippen LogP contribution in [0, 0.1) is 10.1 Å². The maximum absolute atomic E-state index is 11.1. The van der Waals surface area contributed by atoms with Crippen LogP contribution in [0.5, 0.6) is 0 Å². The minimum atomic E-state index is -0.391. The summed E-state index contributed by atoms with van der Waals surface area (Å²) in [5.74, 6) is 0.969. The molecule has 0 saturated carbocycles. The molecule has 0 unspecified atom stereocenters. The lowest BCUT2D eigenvalue weighted by atomic mass is 10.1. The van der Waals surface area contributed by atoms with E-state index in [0.717, 1.165) is 27.0 Å². The average molecular weight is 398 g/mol. The quantitative estimate of drug-likeness (QED) is 0.454. The van der Waals surface area contributed by atoms with Gasteiger partial charge in [0.25, 0.3) is 5.69 Å². The number of pyridine rings is 1. The third-order valence-electron chi connectivity index (χ3n) is 4.21. The van der Waals surface area contributed by atoms with E-state index < -0.39 is 4.92 Å². The number of hydrogen-bond donors (Lipinski definition) is 1. The highest BCUT2D eigenvalue weighted by Gasteiger charge is 2.21. The first-order valence-corrected chi connectivity index (χ1v) is 9.82. The van der Waals surface area contributed by atoms with Crippen molar-refractivity contribution in [1.82, 2.24) is 14.5 Å². The lowest BCUT2D eigenvalue weighted by Crippen LogP contribution is -2.08. The maximum atomic E-state index is 11.1. The first kappa shape index (κ1) is 20.0. The van der Waals surface area contributed by atoms with Crippen molar-refractivity contribution in [2.45, 2.75) is 42.7 Å². The summed E-state index contributed by atoms with van der Waals surface area (Å²) in [7, 11) is 0. The molecule has 1 aromatic carbocycles. The number of non-ortho nitro benzene ring substituents is 1. The summed E-state index contributed by atoms with van der Waals surface area (Å²) < 4.78 is 2.08. The fourth-order valence-corrected chi connectivity index (χ4v) is 4.10. The van der Waals surface area contributed by atoms with Gasteiger partial charge >= 0.3 is 0 Å². The minimum absolute atomic E-state index is 0.00248. The molecule has 3 aromatic rings. The Morgan fingerprint density at radius 2 is 2.11 bits per heavy atom. The number of aliphatic hydroxyl groups is 1. The van der Waals surface area contributed by atoms with Crippen LogP contribution in [-0.4, -0.2) is 31.2 Å². The Bertz CT molecular complexity index is 957. The van der Waals surface area contributed by atoms with Gasteiger partial charge in [-0.15, -0.1) is 0 Å². The van der Waals surface area contributed by atoms with Gasteiger partial charge in [0.1, 0.15) is 10.9 Å². The van der Waals surface area contributed by atoms with Gasteiger partial charge in [0.05, 0.1) is 23.8 Å². The average Bonchev–Trinajstić information content (AvgIpc) is 3.01. The zero-order chi connectivity index (χ0) is 20.1. The molecule has 146 valence electrons. The van der Waals surface area contributed by atoms with Gasteiger partial charge in [0.2, 0.25) is 0 Å². The zero-order valence-electron chi connectivity index (χ0n) is 15.8. The third-order valence-corrected chi connectivity index (χ3v) is 5.33. The number of nitrogens with zero attached hydrogens (tertiary/aromatic N) is 4. The van der Waals surface area contributed by atoms with Crippen LogP contribution in [-0.2, 0) is 13.0 Å². The van der Waals surface area contributed by atoms with Crippen LogP contribution in [0.1, 0.15) is 36.8 Å². The van der Waals surface area contributed by atoms with E-state index in [1.54, 1.807) is 24.5 Å². The Morgan fingerprint density at radius 3 is 2.75 bits per heavy atom. The SMILES string of the molecule is CC(C)c1nc(CCO)n(Cc2cccnc2)c1Sc1cccc([N+](=O)[O-])c1. The van der Waals surface area contributed by atoms with E-state index >= 15 is 0 Å². The second-order valence-electron chi connectivity index (χ2n) is 6.65. The molecule has 8 heteroatoms. The summed E-state index contributed by atoms with van der Waals surface area (Å²) in [4.78, 5) is 20.5. The van der Waals surface area contributed by atoms with Crippen molar-refractivity contribution >= 4 is 17.4 Å². The molecule has 3 rings (SSSR count). The Kier molecular flexibility index (Phi) is 6.43. The van der Waals surface area contributed by atoms with E-state index in [-0.39, 0.29) is 18.2 Å².